The van der Waals surface area contributed by atoms with Gasteiger partial charge in [-0.15, -0.1) is 0 Å². The van der Waals surface area contributed by atoms with E-state index in [4.69, 9.17) is 0 Å². The van der Waals surface area contributed by atoms with Crippen LogP contribution in [0.25, 0.3) is 23.4 Å². The van der Waals surface area contributed by atoms with E-state index in [0.717, 1.165) is 16.7 Å². The van der Waals surface area contributed by atoms with Crippen molar-refractivity contribution in [2.75, 3.05) is 5.32 Å². The predicted octanol–water partition coefficient (Wildman–Crippen LogP) is 4.91. The standard InChI is InChI=1S/C26H21N3O3/c30-21-11-6-19(7-12-21)16-25(32)29-26-23(15-8-18-4-2-1-3-5-18)28-24(17-27-26)20-9-13-22(31)14-10-20/h1-15,17,30-31H,16H2,(H,27,29,32)/b15-8+. The highest BCUT2D eigenvalue weighted by molar-refractivity contribution is 5.93. The summed E-state index contributed by atoms with van der Waals surface area (Å²) < 4.78 is 0. The van der Waals surface area contributed by atoms with E-state index in [2.05, 4.69) is 15.3 Å². The van der Waals surface area contributed by atoms with Crippen molar-refractivity contribution in [2.24, 2.45) is 0 Å². The highest BCUT2D eigenvalue weighted by Crippen LogP contribution is 2.23. The molecule has 0 atom stereocenters. The lowest BCUT2D eigenvalue weighted by molar-refractivity contribution is -0.115. The van der Waals surface area contributed by atoms with Crippen molar-refractivity contribution in [3.8, 4) is 22.8 Å². The maximum absolute atomic E-state index is 12.6. The molecule has 0 fully saturated rings. The van der Waals surface area contributed by atoms with Crippen LogP contribution in [-0.4, -0.2) is 26.1 Å². The van der Waals surface area contributed by atoms with Crippen molar-refractivity contribution in [3.63, 3.8) is 0 Å². The lowest BCUT2D eigenvalue weighted by atomic mass is 10.1. The third-order valence-electron chi connectivity index (χ3n) is 4.75. The molecule has 158 valence electrons. The molecule has 6 heteroatoms. The number of nitrogens with one attached hydrogen (secondary N) is 1. The van der Waals surface area contributed by atoms with E-state index in [1.165, 1.54) is 0 Å². The Bertz CT molecular complexity index is 1240. The van der Waals surface area contributed by atoms with Gasteiger partial charge in [-0.2, -0.15) is 0 Å². The van der Waals surface area contributed by atoms with Gasteiger partial charge >= 0.3 is 0 Å². The molecule has 0 saturated heterocycles. The van der Waals surface area contributed by atoms with Crippen LogP contribution in [0.15, 0.2) is 85.1 Å². The Morgan fingerprint density at radius 3 is 2.19 bits per heavy atom. The number of amides is 1. The van der Waals surface area contributed by atoms with Gasteiger partial charge < -0.3 is 15.5 Å². The summed E-state index contributed by atoms with van der Waals surface area (Å²) in [5.41, 5.74) is 3.69. The van der Waals surface area contributed by atoms with E-state index < -0.39 is 0 Å². The Morgan fingerprint density at radius 2 is 1.50 bits per heavy atom. The average molecular weight is 423 g/mol. The number of anilines is 1. The number of aromatic hydroxyl groups is 2. The predicted molar refractivity (Wildman–Crippen MR) is 125 cm³/mol. The van der Waals surface area contributed by atoms with Crippen molar-refractivity contribution in [3.05, 3.63) is 102 Å². The molecule has 4 rings (SSSR count). The summed E-state index contributed by atoms with van der Waals surface area (Å²) in [5.74, 6) is 0.433. The number of hydrogen-bond donors (Lipinski definition) is 3. The van der Waals surface area contributed by atoms with E-state index >= 15 is 0 Å². The van der Waals surface area contributed by atoms with Crippen molar-refractivity contribution in [1.82, 2.24) is 9.97 Å². The van der Waals surface area contributed by atoms with Crippen LogP contribution in [-0.2, 0) is 11.2 Å². The monoisotopic (exact) mass is 423 g/mol. The highest BCUT2D eigenvalue weighted by Gasteiger charge is 2.11. The van der Waals surface area contributed by atoms with Gasteiger partial charge in [0.1, 0.15) is 17.2 Å². The maximum atomic E-state index is 12.6. The van der Waals surface area contributed by atoms with Crippen LogP contribution in [0.1, 0.15) is 16.8 Å². The average Bonchev–Trinajstić information content (AvgIpc) is 2.81. The molecule has 3 N–H and O–H groups in total. The van der Waals surface area contributed by atoms with Crippen LogP contribution in [0.3, 0.4) is 0 Å². The van der Waals surface area contributed by atoms with Gasteiger partial charge in [0.25, 0.3) is 0 Å². The van der Waals surface area contributed by atoms with Gasteiger partial charge in [0.05, 0.1) is 18.3 Å². The summed E-state index contributed by atoms with van der Waals surface area (Å²) in [7, 11) is 0. The van der Waals surface area contributed by atoms with E-state index in [1.54, 1.807) is 54.7 Å². The summed E-state index contributed by atoms with van der Waals surface area (Å²) in [6.45, 7) is 0. The number of nitrogens with zero attached hydrogens (tertiary/aromatic N) is 2. The lowest BCUT2D eigenvalue weighted by Gasteiger charge is -2.10. The quantitative estimate of drug-likeness (QED) is 0.410. The number of hydrogen-bond acceptors (Lipinski definition) is 5. The molecule has 1 aromatic heterocycles. The van der Waals surface area contributed by atoms with Crippen LogP contribution < -0.4 is 5.32 Å². The van der Waals surface area contributed by atoms with E-state index in [9.17, 15) is 15.0 Å². The molecule has 1 amide bonds. The first-order chi connectivity index (χ1) is 15.6. The Hall–Kier alpha value is -4.45. The van der Waals surface area contributed by atoms with Crippen LogP contribution in [0.5, 0.6) is 11.5 Å². The molecule has 0 aliphatic heterocycles. The zero-order valence-corrected chi connectivity index (χ0v) is 17.1. The van der Waals surface area contributed by atoms with Crippen molar-refractivity contribution in [1.29, 1.82) is 0 Å². The maximum Gasteiger partial charge on any atom is 0.230 e. The highest BCUT2D eigenvalue weighted by atomic mass is 16.3. The molecule has 0 aliphatic rings. The Kier molecular flexibility index (Phi) is 6.22. The Labute approximate surface area is 185 Å². The van der Waals surface area contributed by atoms with Crippen molar-refractivity contribution >= 4 is 23.9 Å². The topological polar surface area (TPSA) is 95.3 Å². The molecule has 3 aromatic carbocycles. The largest absolute Gasteiger partial charge is 0.508 e. The SMILES string of the molecule is O=C(Cc1ccc(O)cc1)Nc1ncc(-c2ccc(O)cc2)nc1/C=C/c1ccccc1. The molecule has 1 heterocycles. The number of carbonyl (C=O) groups is 1. The van der Waals surface area contributed by atoms with Gasteiger partial charge in [-0.05, 0) is 53.6 Å². The molecule has 0 unspecified atom stereocenters. The van der Waals surface area contributed by atoms with Crippen LogP contribution in [0.2, 0.25) is 0 Å². The zero-order chi connectivity index (χ0) is 22.3. The van der Waals surface area contributed by atoms with E-state index in [0.29, 0.717) is 17.2 Å². The van der Waals surface area contributed by atoms with Crippen molar-refractivity contribution in [2.45, 2.75) is 6.42 Å². The number of benzene rings is 3. The molecular weight excluding hydrogens is 402 g/mol. The second kappa shape index (κ2) is 9.57. The number of aromatic nitrogens is 2. The molecule has 4 aromatic rings. The van der Waals surface area contributed by atoms with Gasteiger partial charge in [-0.1, -0.05) is 48.5 Å². The van der Waals surface area contributed by atoms with Gasteiger partial charge in [-0.3, -0.25) is 4.79 Å². The first-order valence-electron chi connectivity index (χ1n) is 10.0. The minimum atomic E-state index is -0.239. The molecule has 0 saturated carbocycles. The van der Waals surface area contributed by atoms with Crippen LogP contribution in [0, 0.1) is 0 Å². The molecule has 0 spiro atoms. The third-order valence-corrected chi connectivity index (χ3v) is 4.75. The molecule has 0 aliphatic carbocycles. The summed E-state index contributed by atoms with van der Waals surface area (Å²) >= 11 is 0. The summed E-state index contributed by atoms with van der Waals surface area (Å²) in [4.78, 5) is 21.7. The van der Waals surface area contributed by atoms with Crippen LogP contribution in [0.4, 0.5) is 5.82 Å². The summed E-state index contributed by atoms with van der Waals surface area (Å²) in [6, 6.07) is 22.9. The van der Waals surface area contributed by atoms with E-state index in [1.807, 2.05) is 42.5 Å². The van der Waals surface area contributed by atoms with Crippen LogP contribution >= 0.6 is 0 Å². The Balaban J connectivity index is 1.62. The zero-order valence-electron chi connectivity index (χ0n) is 17.1. The normalized spacial score (nSPS) is 10.9. The fourth-order valence-corrected chi connectivity index (χ4v) is 3.10. The summed E-state index contributed by atoms with van der Waals surface area (Å²) in [5, 5.41) is 21.8. The first kappa shape index (κ1) is 20.8. The van der Waals surface area contributed by atoms with Gasteiger partial charge in [0.15, 0.2) is 5.82 Å². The minimum absolute atomic E-state index is 0.142. The fraction of sp³-hybridized carbons (Fsp3) is 0.0385. The molecule has 0 bridgehead atoms. The number of rotatable bonds is 6. The smallest absolute Gasteiger partial charge is 0.230 e. The number of carbonyl (C=O) groups excluding carboxylic acids is 1. The number of phenols is 2. The minimum Gasteiger partial charge on any atom is -0.508 e. The van der Waals surface area contributed by atoms with Gasteiger partial charge in [0, 0.05) is 5.56 Å². The second-order valence-electron chi connectivity index (χ2n) is 7.17. The number of phenolic OH excluding ortho intramolecular Hbond substituents is 2. The lowest BCUT2D eigenvalue weighted by Crippen LogP contribution is -2.16. The third kappa shape index (κ3) is 5.37. The molecule has 0 radical (unpaired) electrons. The van der Waals surface area contributed by atoms with Crippen molar-refractivity contribution < 1.29 is 15.0 Å². The molecular formula is C26H21N3O3. The first-order valence-corrected chi connectivity index (χ1v) is 10.0. The second-order valence-corrected chi connectivity index (χ2v) is 7.17. The summed E-state index contributed by atoms with van der Waals surface area (Å²) in [6.07, 6.45) is 5.44. The van der Waals surface area contributed by atoms with Gasteiger partial charge in [-0.25, -0.2) is 9.97 Å². The molecule has 32 heavy (non-hydrogen) atoms. The van der Waals surface area contributed by atoms with Gasteiger partial charge in [0.2, 0.25) is 5.91 Å². The Morgan fingerprint density at radius 1 is 0.844 bits per heavy atom. The van der Waals surface area contributed by atoms with E-state index in [-0.39, 0.29) is 23.8 Å². The molecule has 6 nitrogen and oxygen atoms in total. The fourth-order valence-electron chi connectivity index (χ4n) is 3.10.